The zero-order chi connectivity index (χ0) is 18.0. The fourth-order valence-corrected chi connectivity index (χ4v) is 3.93. The standard InChI is InChI=1S/C20H23N3OS/c1-14-8-10-25-19(14)13-22(4)20(24)18-11-15(2)23(16(18)3)12-17-7-5-6-9-21-17/h5-11H,12-13H2,1-4H3. The van der Waals surface area contributed by atoms with E-state index in [0.717, 1.165) is 22.6 Å². The van der Waals surface area contributed by atoms with Gasteiger partial charge in [0, 0.05) is 29.5 Å². The van der Waals surface area contributed by atoms with Crippen LogP contribution in [0.5, 0.6) is 0 Å². The van der Waals surface area contributed by atoms with Crippen molar-refractivity contribution in [1.82, 2.24) is 14.5 Å². The van der Waals surface area contributed by atoms with E-state index in [4.69, 9.17) is 0 Å². The van der Waals surface area contributed by atoms with Crippen LogP contribution >= 0.6 is 11.3 Å². The lowest BCUT2D eigenvalue weighted by Gasteiger charge is -2.17. The lowest BCUT2D eigenvalue weighted by atomic mass is 10.2. The minimum absolute atomic E-state index is 0.0631. The van der Waals surface area contributed by atoms with E-state index in [1.165, 1.54) is 10.4 Å². The summed E-state index contributed by atoms with van der Waals surface area (Å²) in [4.78, 5) is 20.3. The molecular weight excluding hydrogens is 330 g/mol. The molecule has 3 rings (SSSR count). The van der Waals surface area contributed by atoms with Gasteiger partial charge >= 0.3 is 0 Å². The van der Waals surface area contributed by atoms with E-state index in [2.05, 4.69) is 27.9 Å². The van der Waals surface area contributed by atoms with Gasteiger partial charge in [-0.05, 0) is 56.0 Å². The number of carbonyl (C=O) groups is 1. The van der Waals surface area contributed by atoms with Crippen molar-refractivity contribution in [3.8, 4) is 0 Å². The quantitative estimate of drug-likeness (QED) is 0.690. The zero-order valence-corrected chi connectivity index (χ0v) is 15.9. The Kier molecular flexibility index (Phi) is 5.04. The molecule has 3 aromatic heterocycles. The first-order valence-electron chi connectivity index (χ1n) is 8.32. The maximum absolute atomic E-state index is 12.9. The second-order valence-electron chi connectivity index (χ2n) is 6.38. The van der Waals surface area contributed by atoms with Crippen molar-refractivity contribution in [2.24, 2.45) is 0 Å². The van der Waals surface area contributed by atoms with Crippen molar-refractivity contribution in [2.75, 3.05) is 7.05 Å². The number of thiophene rings is 1. The monoisotopic (exact) mass is 353 g/mol. The van der Waals surface area contributed by atoms with E-state index in [-0.39, 0.29) is 5.91 Å². The second kappa shape index (κ2) is 7.23. The number of amides is 1. The third-order valence-electron chi connectivity index (χ3n) is 4.55. The fraction of sp³-hybridized carbons (Fsp3) is 0.300. The van der Waals surface area contributed by atoms with E-state index < -0.39 is 0 Å². The van der Waals surface area contributed by atoms with Crippen molar-refractivity contribution in [3.63, 3.8) is 0 Å². The van der Waals surface area contributed by atoms with Crippen LogP contribution in [0.25, 0.3) is 0 Å². The highest BCUT2D eigenvalue weighted by Crippen LogP contribution is 2.21. The van der Waals surface area contributed by atoms with Crippen LogP contribution in [0, 0.1) is 20.8 Å². The predicted molar refractivity (Wildman–Crippen MR) is 102 cm³/mol. The normalized spacial score (nSPS) is 10.9. The van der Waals surface area contributed by atoms with Crippen LogP contribution in [-0.2, 0) is 13.1 Å². The third kappa shape index (κ3) is 3.66. The Morgan fingerprint density at radius 3 is 2.68 bits per heavy atom. The van der Waals surface area contributed by atoms with Gasteiger partial charge in [-0.25, -0.2) is 0 Å². The molecule has 0 saturated carbocycles. The molecule has 1 amide bonds. The molecule has 0 N–H and O–H groups in total. The summed E-state index contributed by atoms with van der Waals surface area (Å²) in [6.45, 7) is 7.46. The zero-order valence-electron chi connectivity index (χ0n) is 15.1. The summed E-state index contributed by atoms with van der Waals surface area (Å²) in [6.07, 6.45) is 1.80. The van der Waals surface area contributed by atoms with Crippen LogP contribution in [-0.4, -0.2) is 27.4 Å². The van der Waals surface area contributed by atoms with Crippen molar-refractivity contribution < 1.29 is 4.79 Å². The van der Waals surface area contributed by atoms with Gasteiger partial charge in [-0.2, -0.15) is 0 Å². The average molecular weight is 353 g/mol. The van der Waals surface area contributed by atoms with E-state index in [0.29, 0.717) is 13.1 Å². The molecular formula is C20H23N3OS. The maximum atomic E-state index is 12.9. The lowest BCUT2D eigenvalue weighted by Crippen LogP contribution is -2.26. The van der Waals surface area contributed by atoms with E-state index >= 15 is 0 Å². The number of hydrogen-bond acceptors (Lipinski definition) is 3. The molecule has 0 radical (unpaired) electrons. The number of carbonyl (C=O) groups excluding carboxylic acids is 1. The van der Waals surface area contributed by atoms with Gasteiger partial charge in [-0.15, -0.1) is 11.3 Å². The highest BCUT2D eigenvalue weighted by atomic mass is 32.1. The maximum Gasteiger partial charge on any atom is 0.255 e. The van der Waals surface area contributed by atoms with Crippen molar-refractivity contribution >= 4 is 17.2 Å². The number of hydrogen-bond donors (Lipinski definition) is 0. The van der Waals surface area contributed by atoms with Gasteiger partial charge in [0.05, 0.1) is 24.3 Å². The molecule has 0 aliphatic carbocycles. The second-order valence-corrected chi connectivity index (χ2v) is 7.38. The minimum atomic E-state index is 0.0631. The molecule has 5 heteroatoms. The molecule has 0 spiro atoms. The molecule has 0 atom stereocenters. The lowest BCUT2D eigenvalue weighted by molar-refractivity contribution is 0.0785. The largest absolute Gasteiger partial charge is 0.342 e. The molecule has 3 heterocycles. The average Bonchev–Trinajstić information content (AvgIpc) is 3.13. The Morgan fingerprint density at radius 1 is 1.24 bits per heavy atom. The molecule has 0 fully saturated rings. The molecule has 25 heavy (non-hydrogen) atoms. The van der Waals surface area contributed by atoms with E-state index in [1.54, 1.807) is 22.4 Å². The third-order valence-corrected chi connectivity index (χ3v) is 5.55. The summed E-state index contributed by atoms with van der Waals surface area (Å²) in [5, 5.41) is 2.07. The van der Waals surface area contributed by atoms with Crippen LogP contribution in [0.1, 0.15) is 37.9 Å². The van der Waals surface area contributed by atoms with Crippen LogP contribution < -0.4 is 0 Å². The Morgan fingerprint density at radius 2 is 2.04 bits per heavy atom. The summed E-state index contributed by atoms with van der Waals surface area (Å²) in [6, 6.07) is 9.98. The summed E-state index contributed by atoms with van der Waals surface area (Å²) >= 11 is 1.70. The number of rotatable bonds is 5. The van der Waals surface area contributed by atoms with Crippen LogP contribution in [0.15, 0.2) is 41.9 Å². The first kappa shape index (κ1) is 17.4. The Balaban J connectivity index is 1.81. The molecule has 0 aliphatic rings. The van der Waals surface area contributed by atoms with E-state index in [9.17, 15) is 4.79 Å². The summed E-state index contributed by atoms with van der Waals surface area (Å²) in [5.41, 5.74) is 5.07. The first-order valence-corrected chi connectivity index (χ1v) is 9.20. The van der Waals surface area contributed by atoms with Gasteiger partial charge in [0.25, 0.3) is 5.91 Å². The fourth-order valence-electron chi connectivity index (χ4n) is 2.97. The molecule has 3 aromatic rings. The van der Waals surface area contributed by atoms with Crippen molar-refractivity contribution in [1.29, 1.82) is 0 Å². The molecule has 0 aromatic carbocycles. The Hall–Kier alpha value is -2.40. The van der Waals surface area contributed by atoms with Gasteiger partial charge in [0.2, 0.25) is 0 Å². The van der Waals surface area contributed by atoms with Crippen molar-refractivity contribution in [3.05, 3.63) is 75.0 Å². The SMILES string of the molecule is Cc1ccsc1CN(C)C(=O)c1cc(C)n(Cc2ccccn2)c1C. The predicted octanol–water partition coefficient (Wildman–Crippen LogP) is 4.19. The molecule has 0 saturated heterocycles. The van der Waals surface area contributed by atoms with Crippen molar-refractivity contribution in [2.45, 2.75) is 33.9 Å². The molecule has 0 aliphatic heterocycles. The Bertz CT molecular complexity index is 880. The molecule has 4 nitrogen and oxygen atoms in total. The minimum Gasteiger partial charge on any atom is -0.342 e. The van der Waals surface area contributed by atoms with Gasteiger partial charge in [-0.3, -0.25) is 9.78 Å². The van der Waals surface area contributed by atoms with Crippen LogP contribution in [0.4, 0.5) is 0 Å². The van der Waals surface area contributed by atoms with Crippen LogP contribution in [0.2, 0.25) is 0 Å². The van der Waals surface area contributed by atoms with Gasteiger partial charge in [0.1, 0.15) is 0 Å². The smallest absolute Gasteiger partial charge is 0.255 e. The highest BCUT2D eigenvalue weighted by Gasteiger charge is 2.20. The van der Waals surface area contributed by atoms with Gasteiger partial charge < -0.3 is 9.47 Å². The molecule has 0 unspecified atom stereocenters. The summed E-state index contributed by atoms with van der Waals surface area (Å²) < 4.78 is 2.15. The van der Waals surface area contributed by atoms with Crippen LogP contribution in [0.3, 0.4) is 0 Å². The van der Waals surface area contributed by atoms with E-state index in [1.807, 2.05) is 45.2 Å². The van der Waals surface area contributed by atoms with Gasteiger partial charge in [0.15, 0.2) is 0 Å². The topological polar surface area (TPSA) is 38.1 Å². The summed E-state index contributed by atoms with van der Waals surface area (Å²) in [7, 11) is 1.87. The van der Waals surface area contributed by atoms with Gasteiger partial charge in [-0.1, -0.05) is 6.07 Å². The molecule has 0 bridgehead atoms. The Labute approximate surface area is 152 Å². The highest BCUT2D eigenvalue weighted by molar-refractivity contribution is 7.10. The summed E-state index contributed by atoms with van der Waals surface area (Å²) in [5.74, 6) is 0.0631. The number of aryl methyl sites for hydroxylation is 2. The number of aromatic nitrogens is 2. The number of nitrogens with zero attached hydrogens (tertiary/aromatic N) is 3. The number of pyridine rings is 1. The molecule has 130 valence electrons. The first-order chi connectivity index (χ1) is 12.0.